The monoisotopic (exact) mass is 418 g/mol. The molecule has 0 fully saturated rings. The van der Waals surface area contributed by atoms with E-state index in [4.69, 9.17) is 5.11 Å². The third-order valence-electron chi connectivity index (χ3n) is 6.85. The molecule has 0 saturated heterocycles. The van der Waals surface area contributed by atoms with Crippen LogP contribution in [0.15, 0.2) is 36.4 Å². The van der Waals surface area contributed by atoms with Crippen molar-refractivity contribution in [1.82, 2.24) is 0 Å². The predicted octanol–water partition coefficient (Wildman–Crippen LogP) is 8.03. The van der Waals surface area contributed by atoms with Crippen LogP contribution in [0.4, 0.5) is 0 Å². The third-order valence-corrected chi connectivity index (χ3v) is 6.85. The van der Waals surface area contributed by atoms with Gasteiger partial charge in [0.15, 0.2) is 0 Å². The Kier molecular flexibility index (Phi) is 6.79. The van der Waals surface area contributed by atoms with Crippen LogP contribution in [0.2, 0.25) is 0 Å². The highest BCUT2D eigenvalue weighted by atomic mass is 16.4. The first-order valence-corrected chi connectivity index (χ1v) is 11.7. The van der Waals surface area contributed by atoms with E-state index in [1.54, 1.807) is 12.1 Å². The average molecular weight is 419 g/mol. The lowest BCUT2D eigenvalue weighted by Crippen LogP contribution is -2.18. The molecule has 0 saturated carbocycles. The summed E-state index contributed by atoms with van der Waals surface area (Å²) in [4.78, 5) is 11.2. The van der Waals surface area contributed by atoms with Crippen LogP contribution >= 0.6 is 0 Å². The summed E-state index contributed by atoms with van der Waals surface area (Å²) < 4.78 is 0. The summed E-state index contributed by atoms with van der Waals surface area (Å²) in [6, 6.07) is 12.1. The van der Waals surface area contributed by atoms with Crippen LogP contribution < -0.4 is 0 Å². The highest BCUT2D eigenvalue weighted by molar-refractivity contribution is 5.88. The van der Waals surface area contributed by atoms with Crippen molar-refractivity contribution in [2.45, 2.75) is 90.9 Å². The van der Waals surface area contributed by atoms with Gasteiger partial charge < -0.3 is 5.11 Å². The van der Waals surface area contributed by atoms with Gasteiger partial charge in [0, 0.05) is 0 Å². The molecular weight excluding hydrogens is 380 g/mol. The number of carboxylic acid groups (broad SMARTS) is 1. The maximum absolute atomic E-state index is 11.2. The van der Waals surface area contributed by atoms with Gasteiger partial charge in [-0.3, -0.25) is 0 Å². The minimum Gasteiger partial charge on any atom is -0.478 e. The topological polar surface area (TPSA) is 37.3 Å². The molecule has 2 aromatic carbocycles. The van der Waals surface area contributed by atoms with E-state index in [9.17, 15) is 4.79 Å². The maximum Gasteiger partial charge on any atom is 0.335 e. The molecule has 0 atom stereocenters. The maximum atomic E-state index is 11.2. The minimum absolute atomic E-state index is 0.178. The molecule has 166 valence electrons. The van der Waals surface area contributed by atoms with E-state index in [1.807, 2.05) is 12.1 Å². The van der Waals surface area contributed by atoms with Gasteiger partial charge in [-0.2, -0.15) is 0 Å². The first kappa shape index (κ1) is 23.3. The van der Waals surface area contributed by atoms with Crippen molar-refractivity contribution in [3.8, 4) is 0 Å². The largest absolute Gasteiger partial charge is 0.478 e. The zero-order valence-electron chi connectivity index (χ0n) is 20.1. The van der Waals surface area contributed by atoms with Crippen molar-refractivity contribution >= 4 is 17.6 Å². The van der Waals surface area contributed by atoms with Crippen LogP contribution in [0.5, 0.6) is 0 Å². The number of rotatable bonds is 8. The molecule has 3 rings (SSSR count). The second kappa shape index (κ2) is 9.02. The molecule has 0 spiro atoms. The normalized spacial score (nSPS) is 16.9. The second-order valence-corrected chi connectivity index (χ2v) is 10.6. The number of hydrogen-bond donors (Lipinski definition) is 1. The molecule has 2 nitrogen and oxygen atoms in total. The minimum atomic E-state index is -0.884. The van der Waals surface area contributed by atoms with Gasteiger partial charge in [-0.1, -0.05) is 84.2 Å². The molecule has 0 heterocycles. The zero-order valence-corrected chi connectivity index (χ0v) is 20.1. The lowest BCUT2D eigenvalue weighted by Gasteiger charge is -2.22. The van der Waals surface area contributed by atoms with E-state index in [2.05, 4.69) is 59.8 Å². The van der Waals surface area contributed by atoms with Gasteiger partial charge in [0.25, 0.3) is 0 Å². The lowest BCUT2D eigenvalue weighted by atomic mass is 9.82. The number of aryl methyl sites for hydroxylation is 1. The molecule has 0 aromatic heterocycles. The smallest absolute Gasteiger partial charge is 0.335 e. The van der Waals surface area contributed by atoms with Gasteiger partial charge in [-0.15, -0.1) is 0 Å². The van der Waals surface area contributed by atoms with Crippen LogP contribution in [-0.2, 0) is 17.3 Å². The molecule has 0 unspecified atom stereocenters. The van der Waals surface area contributed by atoms with Crippen molar-refractivity contribution in [3.05, 3.63) is 69.8 Å². The van der Waals surface area contributed by atoms with Crippen molar-refractivity contribution in [2.75, 3.05) is 0 Å². The zero-order chi connectivity index (χ0) is 22.8. The molecule has 1 aliphatic carbocycles. The van der Waals surface area contributed by atoms with E-state index < -0.39 is 5.97 Å². The summed E-state index contributed by atoms with van der Waals surface area (Å²) in [5.74, 6) is -0.884. The van der Waals surface area contributed by atoms with Gasteiger partial charge in [-0.05, 0) is 82.5 Å². The van der Waals surface area contributed by atoms with Gasteiger partial charge >= 0.3 is 5.97 Å². The molecular formula is C29H38O2. The van der Waals surface area contributed by atoms with E-state index in [-0.39, 0.29) is 10.8 Å². The van der Waals surface area contributed by atoms with Crippen LogP contribution in [0.3, 0.4) is 0 Å². The van der Waals surface area contributed by atoms with Crippen molar-refractivity contribution in [1.29, 1.82) is 0 Å². The third kappa shape index (κ3) is 5.11. The molecule has 0 radical (unpaired) electrons. The molecule has 1 N–H and O–H groups in total. The number of fused-ring (bicyclic) bond motifs is 1. The van der Waals surface area contributed by atoms with Crippen LogP contribution in [-0.4, -0.2) is 11.1 Å². The highest BCUT2D eigenvalue weighted by Crippen LogP contribution is 2.50. The van der Waals surface area contributed by atoms with Crippen molar-refractivity contribution in [2.24, 2.45) is 0 Å². The van der Waals surface area contributed by atoms with Crippen molar-refractivity contribution < 1.29 is 9.90 Å². The summed E-state index contributed by atoms with van der Waals surface area (Å²) >= 11 is 0. The molecule has 2 aromatic rings. The standard InChI is InChI=1S/C29H38O2/c1-7-8-9-10-11-23-17-25-26(29(5,6)19-28(25,3)4)18-24(23)20(2)16-21-12-14-22(15-13-21)27(30)31/h12-18H,7-11,19H2,1-6H3,(H,30,31). The first-order valence-electron chi connectivity index (χ1n) is 11.7. The number of unbranched alkanes of at least 4 members (excludes halogenated alkanes) is 3. The quantitative estimate of drug-likeness (QED) is 0.348. The predicted molar refractivity (Wildman–Crippen MR) is 132 cm³/mol. The fourth-order valence-electron chi connectivity index (χ4n) is 5.43. The fraction of sp³-hybridized carbons (Fsp3) is 0.483. The van der Waals surface area contributed by atoms with E-state index in [0.717, 1.165) is 12.0 Å². The Labute approximate surface area is 188 Å². The second-order valence-electron chi connectivity index (χ2n) is 10.6. The fourth-order valence-corrected chi connectivity index (χ4v) is 5.43. The SMILES string of the molecule is CCCCCCc1cc2c(cc1C(C)=Cc1ccc(C(=O)O)cc1)C(C)(C)CC2(C)C. The number of allylic oxidation sites excluding steroid dienone is 1. The van der Waals surface area contributed by atoms with Crippen LogP contribution in [0.25, 0.3) is 11.6 Å². The average Bonchev–Trinajstić information content (AvgIpc) is 2.88. The van der Waals surface area contributed by atoms with Gasteiger partial charge in [0.1, 0.15) is 0 Å². The molecule has 0 bridgehead atoms. The number of carboxylic acids is 1. The lowest BCUT2D eigenvalue weighted by molar-refractivity contribution is 0.0697. The summed E-state index contributed by atoms with van der Waals surface area (Å²) in [6.07, 6.45) is 9.53. The summed E-state index contributed by atoms with van der Waals surface area (Å²) in [5.41, 5.74) is 8.81. The Bertz CT molecular complexity index is 975. The number of hydrogen-bond acceptors (Lipinski definition) is 1. The summed E-state index contributed by atoms with van der Waals surface area (Å²) in [7, 11) is 0. The van der Waals surface area contributed by atoms with E-state index in [1.165, 1.54) is 59.9 Å². The Morgan fingerprint density at radius 2 is 1.58 bits per heavy atom. The number of carbonyl (C=O) groups is 1. The molecule has 2 heteroatoms. The van der Waals surface area contributed by atoms with Crippen molar-refractivity contribution in [3.63, 3.8) is 0 Å². The van der Waals surface area contributed by atoms with E-state index >= 15 is 0 Å². The summed E-state index contributed by atoms with van der Waals surface area (Å²) in [6.45, 7) is 14.0. The number of benzene rings is 2. The molecule has 1 aliphatic rings. The molecule has 31 heavy (non-hydrogen) atoms. The molecule has 0 amide bonds. The van der Waals surface area contributed by atoms with E-state index in [0.29, 0.717) is 5.56 Å². The van der Waals surface area contributed by atoms with Gasteiger partial charge in [0.2, 0.25) is 0 Å². The van der Waals surface area contributed by atoms with Gasteiger partial charge in [-0.25, -0.2) is 4.79 Å². The Morgan fingerprint density at radius 3 is 2.16 bits per heavy atom. The van der Waals surface area contributed by atoms with Crippen LogP contribution in [0.1, 0.15) is 112 Å². The number of aromatic carboxylic acids is 1. The van der Waals surface area contributed by atoms with Crippen LogP contribution in [0, 0.1) is 0 Å². The Balaban J connectivity index is 2.03. The Hall–Kier alpha value is -2.35. The molecule has 0 aliphatic heterocycles. The summed E-state index contributed by atoms with van der Waals surface area (Å²) in [5, 5.41) is 9.16. The first-order chi connectivity index (χ1) is 14.5. The highest BCUT2D eigenvalue weighted by Gasteiger charge is 2.42. The Morgan fingerprint density at radius 1 is 0.968 bits per heavy atom. The van der Waals surface area contributed by atoms with Gasteiger partial charge in [0.05, 0.1) is 5.56 Å².